The van der Waals surface area contributed by atoms with Gasteiger partial charge >= 0.3 is 0 Å². The van der Waals surface area contributed by atoms with E-state index >= 15 is 0 Å². The largest absolute Gasteiger partial charge is 0.338 e. The molecule has 1 unspecified atom stereocenters. The van der Waals surface area contributed by atoms with E-state index in [0.29, 0.717) is 5.92 Å². The van der Waals surface area contributed by atoms with Crippen molar-refractivity contribution in [3.63, 3.8) is 0 Å². The van der Waals surface area contributed by atoms with Crippen molar-refractivity contribution in [1.82, 2.24) is 10.2 Å². The molecule has 1 aromatic rings. The molecule has 1 aromatic carbocycles. The summed E-state index contributed by atoms with van der Waals surface area (Å²) in [5.41, 5.74) is 2.12. The summed E-state index contributed by atoms with van der Waals surface area (Å²) in [6.45, 7) is 5.02. The Kier molecular flexibility index (Phi) is 4.06. The highest BCUT2D eigenvalue weighted by molar-refractivity contribution is 5.96. The van der Waals surface area contributed by atoms with Crippen LogP contribution in [-0.4, -0.2) is 36.5 Å². The molecule has 1 aliphatic carbocycles. The van der Waals surface area contributed by atoms with Crippen LogP contribution in [-0.2, 0) is 6.42 Å². The van der Waals surface area contributed by atoms with Gasteiger partial charge in [-0.3, -0.25) is 4.79 Å². The Morgan fingerprint density at radius 1 is 1.35 bits per heavy atom. The van der Waals surface area contributed by atoms with Gasteiger partial charge in [0.2, 0.25) is 0 Å². The van der Waals surface area contributed by atoms with Gasteiger partial charge in [-0.2, -0.15) is 0 Å². The van der Waals surface area contributed by atoms with Crippen molar-refractivity contribution in [3.05, 3.63) is 35.4 Å². The molecule has 0 aromatic heterocycles. The molecule has 1 saturated carbocycles. The molecule has 20 heavy (non-hydrogen) atoms. The molecular formula is C17H24N2O. The van der Waals surface area contributed by atoms with Gasteiger partial charge in [0, 0.05) is 24.7 Å². The molecule has 0 spiro atoms. The normalized spacial score (nSPS) is 20.4. The molecular weight excluding hydrogens is 248 g/mol. The number of rotatable bonds is 5. The molecule has 1 heterocycles. The number of nitrogens with one attached hydrogen (secondary N) is 1. The van der Waals surface area contributed by atoms with Crippen LogP contribution in [0.2, 0.25) is 0 Å². The Labute approximate surface area is 121 Å². The molecule has 3 rings (SSSR count). The smallest absolute Gasteiger partial charge is 0.254 e. The Balaban J connectivity index is 1.62. The summed E-state index contributed by atoms with van der Waals surface area (Å²) in [6.07, 6.45) is 4.74. The van der Waals surface area contributed by atoms with Gasteiger partial charge in [0.15, 0.2) is 0 Å². The second-order valence-electron chi connectivity index (χ2n) is 6.30. The predicted octanol–water partition coefficient (Wildman–Crippen LogP) is 2.46. The van der Waals surface area contributed by atoms with Gasteiger partial charge in [-0.25, -0.2) is 0 Å². The van der Waals surface area contributed by atoms with Crippen molar-refractivity contribution in [3.8, 4) is 0 Å². The van der Waals surface area contributed by atoms with Gasteiger partial charge < -0.3 is 10.2 Å². The monoisotopic (exact) mass is 272 g/mol. The predicted molar refractivity (Wildman–Crippen MR) is 80.9 cm³/mol. The third-order valence-corrected chi connectivity index (χ3v) is 4.27. The van der Waals surface area contributed by atoms with Crippen molar-refractivity contribution >= 4 is 5.91 Å². The van der Waals surface area contributed by atoms with Gasteiger partial charge in [0.05, 0.1) is 0 Å². The van der Waals surface area contributed by atoms with Gasteiger partial charge in [0.25, 0.3) is 5.91 Å². The van der Waals surface area contributed by atoms with E-state index in [1.807, 2.05) is 23.1 Å². The van der Waals surface area contributed by atoms with Crippen molar-refractivity contribution in [2.24, 2.45) is 5.92 Å². The maximum atomic E-state index is 12.6. The van der Waals surface area contributed by atoms with E-state index in [1.54, 1.807) is 0 Å². The first kappa shape index (κ1) is 13.6. The van der Waals surface area contributed by atoms with E-state index in [4.69, 9.17) is 0 Å². The first-order valence-electron chi connectivity index (χ1n) is 7.84. The zero-order valence-electron chi connectivity index (χ0n) is 12.3. The second kappa shape index (κ2) is 5.96. The highest BCUT2D eigenvalue weighted by atomic mass is 16.2. The van der Waals surface area contributed by atoms with E-state index in [1.165, 1.54) is 18.4 Å². The van der Waals surface area contributed by atoms with Crippen LogP contribution in [0.25, 0.3) is 0 Å². The number of amides is 1. The van der Waals surface area contributed by atoms with Crippen LogP contribution in [0.15, 0.2) is 24.3 Å². The van der Waals surface area contributed by atoms with E-state index < -0.39 is 0 Å². The highest BCUT2D eigenvalue weighted by Gasteiger charge is 2.25. The Hall–Kier alpha value is -1.35. The lowest BCUT2D eigenvalue weighted by atomic mass is 10.0. The number of benzene rings is 1. The molecule has 1 amide bonds. The molecule has 3 nitrogen and oxygen atoms in total. The lowest BCUT2D eigenvalue weighted by Crippen LogP contribution is -2.38. The van der Waals surface area contributed by atoms with Crippen LogP contribution in [0, 0.1) is 5.92 Å². The fourth-order valence-corrected chi connectivity index (χ4v) is 2.95. The summed E-state index contributed by atoms with van der Waals surface area (Å²) in [7, 11) is 0. The van der Waals surface area contributed by atoms with Crippen LogP contribution in [0.5, 0.6) is 0 Å². The molecule has 108 valence electrons. The number of hydrogen-bond donors (Lipinski definition) is 1. The minimum absolute atomic E-state index is 0.219. The fraction of sp³-hybridized carbons (Fsp3) is 0.588. The minimum atomic E-state index is 0.219. The van der Waals surface area contributed by atoms with E-state index in [0.717, 1.165) is 44.1 Å². The lowest BCUT2D eigenvalue weighted by Gasteiger charge is -2.25. The van der Waals surface area contributed by atoms with E-state index in [-0.39, 0.29) is 5.91 Å². The summed E-state index contributed by atoms with van der Waals surface area (Å²) < 4.78 is 0. The number of carbonyl (C=O) groups excluding carboxylic acids is 1. The average molecular weight is 272 g/mol. The SMILES string of the molecule is CC(CNC1CC1)CN1CCCc2ccccc2C1=O. The quantitative estimate of drug-likeness (QED) is 0.893. The topological polar surface area (TPSA) is 32.3 Å². The highest BCUT2D eigenvalue weighted by Crippen LogP contribution is 2.21. The van der Waals surface area contributed by atoms with Crippen molar-refractivity contribution in [2.45, 2.75) is 38.6 Å². The Bertz CT molecular complexity index is 482. The van der Waals surface area contributed by atoms with Crippen LogP contribution in [0.3, 0.4) is 0 Å². The van der Waals surface area contributed by atoms with Gasteiger partial charge in [0.1, 0.15) is 0 Å². The summed E-state index contributed by atoms with van der Waals surface area (Å²) in [6, 6.07) is 8.82. The van der Waals surface area contributed by atoms with Crippen LogP contribution >= 0.6 is 0 Å². The average Bonchev–Trinajstić information content (AvgIpc) is 3.28. The van der Waals surface area contributed by atoms with E-state index in [9.17, 15) is 4.79 Å². The lowest BCUT2D eigenvalue weighted by molar-refractivity contribution is 0.0737. The molecule has 0 radical (unpaired) electrons. The fourth-order valence-electron chi connectivity index (χ4n) is 2.95. The minimum Gasteiger partial charge on any atom is -0.338 e. The third kappa shape index (κ3) is 3.21. The number of nitrogens with zero attached hydrogens (tertiary/aromatic N) is 1. The molecule has 1 aliphatic heterocycles. The van der Waals surface area contributed by atoms with Gasteiger partial charge in [-0.05, 0) is 49.8 Å². The molecule has 0 bridgehead atoms. The summed E-state index contributed by atoms with van der Waals surface area (Å²) in [5, 5.41) is 3.56. The number of carbonyl (C=O) groups is 1. The van der Waals surface area contributed by atoms with Crippen molar-refractivity contribution < 1.29 is 4.79 Å². The molecule has 1 fully saturated rings. The summed E-state index contributed by atoms with van der Waals surface area (Å²) >= 11 is 0. The molecule has 1 N–H and O–H groups in total. The first-order chi connectivity index (χ1) is 9.74. The van der Waals surface area contributed by atoms with Gasteiger partial charge in [-0.15, -0.1) is 0 Å². The maximum Gasteiger partial charge on any atom is 0.254 e. The van der Waals surface area contributed by atoms with E-state index in [2.05, 4.69) is 18.3 Å². The first-order valence-corrected chi connectivity index (χ1v) is 7.84. The van der Waals surface area contributed by atoms with Crippen molar-refractivity contribution in [2.75, 3.05) is 19.6 Å². The summed E-state index contributed by atoms with van der Waals surface area (Å²) in [4.78, 5) is 14.7. The standard InChI is InChI=1S/C17H24N2O/c1-13(11-18-15-8-9-15)12-19-10-4-6-14-5-2-3-7-16(14)17(19)20/h2-3,5,7,13,15,18H,4,6,8-12H2,1H3. The molecule has 3 heteroatoms. The number of fused-ring (bicyclic) bond motifs is 1. The third-order valence-electron chi connectivity index (χ3n) is 4.27. The maximum absolute atomic E-state index is 12.6. The molecule has 0 saturated heterocycles. The van der Waals surface area contributed by atoms with Gasteiger partial charge in [-0.1, -0.05) is 25.1 Å². The number of hydrogen-bond acceptors (Lipinski definition) is 2. The van der Waals surface area contributed by atoms with Crippen LogP contribution in [0.1, 0.15) is 42.1 Å². The number of aryl methyl sites for hydroxylation is 1. The van der Waals surface area contributed by atoms with Crippen molar-refractivity contribution in [1.29, 1.82) is 0 Å². The molecule has 2 aliphatic rings. The Morgan fingerprint density at radius 2 is 2.15 bits per heavy atom. The molecule has 1 atom stereocenters. The summed E-state index contributed by atoms with van der Waals surface area (Å²) in [5.74, 6) is 0.737. The zero-order valence-corrected chi connectivity index (χ0v) is 12.3. The van der Waals surface area contributed by atoms with Crippen LogP contribution in [0.4, 0.5) is 0 Å². The second-order valence-corrected chi connectivity index (χ2v) is 6.30. The zero-order chi connectivity index (χ0) is 13.9. The Morgan fingerprint density at radius 3 is 2.95 bits per heavy atom. The van der Waals surface area contributed by atoms with Crippen LogP contribution < -0.4 is 5.32 Å².